The number of piperidine rings is 2. The molecule has 0 saturated carbocycles. The topological polar surface area (TPSA) is 9.72 Å². The van der Waals surface area contributed by atoms with Gasteiger partial charge in [0.15, 0.2) is 0 Å². The van der Waals surface area contributed by atoms with E-state index in [0.29, 0.717) is 0 Å². The predicted molar refractivity (Wildman–Crippen MR) is 214 cm³/mol. The second-order valence-corrected chi connectivity index (χ2v) is 14.6. The van der Waals surface area contributed by atoms with Crippen molar-refractivity contribution in [3.8, 4) is 11.1 Å². The summed E-state index contributed by atoms with van der Waals surface area (Å²) in [5, 5.41) is 7.87. The van der Waals surface area contributed by atoms with E-state index in [2.05, 4.69) is 142 Å². The van der Waals surface area contributed by atoms with E-state index in [1.54, 1.807) is 0 Å². The molecule has 2 fully saturated rings. The molecule has 0 radical (unpaired) electrons. The first kappa shape index (κ1) is 29.6. The monoisotopic (exact) mass is 649 g/mol. The van der Waals surface area contributed by atoms with Crippen molar-refractivity contribution in [3.05, 3.63) is 139 Å². The molecule has 50 heavy (non-hydrogen) atoms. The van der Waals surface area contributed by atoms with Crippen molar-refractivity contribution in [1.29, 1.82) is 0 Å². The van der Waals surface area contributed by atoms with Gasteiger partial charge in [0, 0.05) is 66.1 Å². The lowest BCUT2D eigenvalue weighted by atomic mass is 9.86. The molecule has 2 saturated heterocycles. The van der Waals surface area contributed by atoms with Crippen LogP contribution in [0, 0.1) is 0 Å². The molecule has 0 N–H and O–H groups in total. The molecule has 0 unspecified atom stereocenters. The van der Waals surface area contributed by atoms with Crippen molar-refractivity contribution >= 4 is 60.8 Å². The highest BCUT2D eigenvalue weighted by Crippen LogP contribution is 2.53. The number of fused-ring (bicyclic) bond motifs is 5. The Morgan fingerprint density at radius 3 is 1.64 bits per heavy atom. The third-order valence-corrected chi connectivity index (χ3v) is 11.6. The van der Waals surface area contributed by atoms with Gasteiger partial charge in [-0.25, -0.2) is 0 Å². The van der Waals surface area contributed by atoms with Crippen LogP contribution in [0.3, 0.4) is 0 Å². The van der Waals surface area contributed by atoms with Gasteiger partial charge in [-0.05, 0) is 119 Å². The van der Waals surface area contributed by atoms with Crippen LogP contribution in [0.4, 0.5) is 28.4 Å². The van der Waals surface area contributed by atoms with Crippen molar-refractivity contribution in [1.82, 2.24) is 0 Å². The van der Waals surface area contributed by atoms with Gasteiger partial charge in [0.1, 0.15) is 0 Å². The quantitative estimate of drug-likeness (QED) is 0.176. The number of nitrogens with zero attached hydrogens (tertiary/aromatic N) is 3. The van der Waals surface area contributed by atoms with Crippen molar-refractivity contribution in [2.24, 2.45) is 0 Å². The Labute approximate surface area is 295 Å². The maximum atomic E-state index is 2.62. The average Bonchev–Trinajstić information content (AvgIpc) is 3.19. The van der Waals surface area contributed by atoms with Gasteiger partial charge in [-0.15, -0.1) is 0 Å². The number of para-hydroxylation sites is 2. The van der Waals surface area contributed by atoms with Gasteiger partial charge in [0.2, 0.25) is 0 Å². The molecule has 7 aromatic rings. The molecule has 3 heteroatoms. The summed E-state index contributed by atoms with van der Waals surface area (Å²) in [5.41, 5.74) is 12.0. The summed E-state index contributed by atoms with van der Waals surface area (Å²) < 4.78 is 0. The maximum absolute atomic E-state index is 2.62. The molecule has 10 rings (SSSR count). The van der Waals surface area contributed by atoms with Crippen LogP contribution in [0.15, 0.2) is 127 Å². The zero-order valence-electron chi connectivity index (χ0n) is 28.7. The van der Waals surface area contributed by atoms with Gasteiger partial charge in [-0.2, -0.15) is 0 Å². The van der Waals surface area contributed by atoms with Crippen LogP contribution >= 0.6 is 0 Å². The Morgan fingerprint density at radius 1 is 0.400 bits per heavy atom. The highest BCUT2D eigenvalue weighted by atomic mass is 15.2. The van der Waals surface area contributed by atoms with E-state index in [4.69, 9.17) is 0 Å². The van der Waals surface area contributed by atoms with Crippen molar-refractivity contribution in [3.63, 3.8) is 0 Å². The summed E-state index contributed by atoms with van der Waals surface area (Å²) in [6, 6.07) is 48.7. The van der Waals surface area contributed by atoms with E-state index in [1.807, 2.05) is 0 Å². The molecular weight excluding hydrogens is 607 g/mol. The Balaban J connectivity index is 1.35. The fourth-order valence-corrected chi connectivity index (χ4v) is 9.19. The molecule has 246 valence electrons. The van der Waals surface area contributed by atoms with Gasteiger partial charge in [-0.1, -0.05) is 91.0 Å². The molecule has 3 aliphatic heterocycles. The van der Waals surface area contributed by atoms with Crippen LogP contribution in [0.5, 0.6) is 0 Å². The van der Waals surface area contributed by atoms with Crippen LogP contribution in [-0.4, -0.2) is 26.2 Å². The highest BCUT2D eigenvalue weighted by molar-refractivity contribution is 6.25. The van der Waals surface area contributed by atoms with Crippen molar-refractivity contribution in [2.75, 3.05) is 40.9 Å². The Morgan fingerprint density at radius 2 is 0.960 bits per heavy atom. The first-order valence-electron chi connectivity index (χ1n) is 18.8. The van der Waals surface area contributed by atoms with Gasteiger partial charge in [0.25, 0.3) is 0 Å². The smallest absolute Gasteiger partial charge is 0.0619 e. The minimum Gasteiger partial charge on any atom is -0.372 e. The Bertz CT molecular complexity index is 2340. The first-order valence-corrected chi connectivity index (χ1v) is 18.8. The van der Waals surface area contributed by atoms with Gasteiger partial charge < -0.3 is 14.7 Å². The molecular formula is C47H43N3. The summed E-state index contributed by atoms with van der Waals surface area (Å²) in [4.78, 5) is 7.84. The lowest BCUT2D eigenvalue weighted by molar-refractivity contribution is 0.578. The van der Waals surface area contributed by atoms with E-state index >= 15 is 0 Å². The molecule has 0 atom stereocenters. The Hall–Kier alpha value is -5.28. The maximum Gasteiger partial charge on any atom is 0.0619 e. The lowest BCUT2D eigenvalue weighted by Crippen LogP contribution is -2.29. The summed E-state index contributed by atoms with van der Waals surface area (Å²) in [7, 11) is 0. The summed E-state index contributed by atoms with van der Waals surface area (Å²) in [6.07, 6.45) is 8.64. The molecule has 0 aliphatic carbocycles. The minimum absolute atomic E-state index is 0.949. The van der Waals surface area contributed by atoms with E-state index in [9.17, 15) is 0 Å². The molecule has 0 aromatic heterocycles. The second-order valence-electron chi connectivity index (χ2n) is 14.6. The first-order chi connectivity index (χ1) is 24.8. The Kier molecular flexibility index (Phi) is 7.25. The van der Waals surface area contributed by atoms with Crippen LogP contribution in [0.2, 0.25) is 0 Å². The molecule has 3 aliphatic rings. The standard InChI is InChI=1S/C47H43N3/c1-9-26-48(27-10-1)36-23-25-41-42(31-36)46(39-19-13-17-33-14-3-6-18-38(33)39)40-24-22-37(49-28-11-2-12-29-49)32-43(40)47(41)50-44-20-7-4-15-34(44)30-35-16-5-8-21-45(35)50/h3-8,13-25,31-32H,1-2,9-12,26-30H2. The molecule has 7 aromatic carbocycles. The van der Waals surface area contributed by atoms with Gasteiger partial charge in [-0.3, -0.25) is 0 Å². The van der Waals surface area contributed by atoms with Crippen molar-refractivity contribution in [2.45, 2.75) is 44.9 Å². The predicted octanol–water partition coefficient (Wildman–Crippen LogP) is 12.2. The number of benzene rings is 7. The summed E-state index contributed by atoms with van der Waals surface area (Å²) in [5.74, 6) is 0. The van der Waals surface area contributed by atoms with E-state index in [-0.39, 0.29) is 0 Å². The summed E-state index contributed by atoms with van der Waals surface area (Å²) >= 11 is 0. The summed E-state index contributed by atoms with van der Waals surface area (Å²) in [6.45, 7) is 4.50. The van der Waals surface area contributed by atoms with E-state index < -0.39 is 0 Å². The largest absolute Gasteiger partial charge is 0.372 e. The van der Waals surface area contributed by atoms with Crippen LogP contribution < -0.4 is 14.7 Å². The van der Waals surface area contributed by atoms with E-state index in [1.165, 1.54) is 122 Å². The van der Waals surface area contributed by atoms with E-state index in [0.717, 1.165) is 32.6 Å². The van der Waals surface area contributed by atoms with Gasteiger partial charge in [0.05, 0.1) is 5.69 Å². The molecule has 3 nitrogen and oxygen atoms in total. The molecule has 3 heterocycles. The highest BCUT2D eigenvalue weighted by Gasteiger charge is 2.29. The zero-order chi connectivity index (χ0) is 33.0. The third-order valence-electron chi connectivity index (χ3n) is 11.6. The molecule has 0 spiro atoms. The lowest BCUT2D eigenvalue weighted by Gasteiger charge is -2.36. The zero-order valence-corrected chi connectivity index (χ0v) is 28.7. The fraction of sp³-hybridized carbons (Fsp3) is 0.234. The van der Waals surface area contributed by atoms with Gasteiger partial charge >= 0.3 is 0 Å². The number of hydrogen-bond acceptors (Lipinski definition) is 3. The van der Waals surface area contributed by atoms with Crippen LogP contribution in [0.25, 0.3) is 43.4 Å². The van der Waals surface area contributed by atoms with Crippen molar-refractivity contribution < 1.29 is 0 Å². The SMILES string of the molecule is c1ccc2c(c1)Cc1ccccc1N2c1c2ccc(N3CCCCC3)cc2c(-c2cccc3ccccc23)c2ccc(N3CCCCC3)cc12. The number of rotatable bonds is 4. The average molecular weight is 650 g/mol. The fourth-order valence-electron chi connectivity index (χ4n) is 9.19. The third kappa shape index (κ3) is 4.86. The molecule has 0 amide bonds. The number of anilines is 5. The normalized spacial score (nSPS) is 16.2. The molecule has 0 bridgehead atoms. The van der Waals surface area contributed by atoms with Crippen LogP contribution in [0.1, 0.15) is 49.7 Å². The number of hydrogen-bond donors (Lipinski definition) is 0. The minimum atomic E-state index is 0.949. The van der Waals surface area contributed by atoms with Crippen LogP contribution in [-0.2, 0) is 6.42 Å². The second kappa shape index (κ2) is 12.2.